The van der Waals surface area contributed by atoms with Crippen LogP contribution in [-0.2, 0) is 4.79 Å². The fourth-order valence-corrected chi connectivity index (χ4v) is 4.65. The first-order valence-corrected chi connectivity index (χ1v) is 13.8. The maximum Gasteiger partial charge on any atom is 0.360 e. The molecule has 0 fully saturated rings. The fourth-order valence-electron chi connectivity index (χ4n) is 4.65. The highest BCUT2D eigenvalue weighted by Crippen LogP contribution is 2.23. The van der Waals surface area contributed by atoms with E-state index in [4.69, 9.17) is 5.73 Å². The number of quaternary nitrogens is 1. The number of carboxylic acid groups (broad SMARTS) is 1. The van der Waals surface area contributed by atoms with Crippen molar-refractivity contribution in [2.75, 3.05) is 6.54 Å². The van der Waals surface area contributed by atoms with Gasteiger partial charge >= 0.3 is 5.97 Å². The number of aliphatic imine (C=N–C) groups is 1. The smallest absolute Gasteiger partial charge is 0.360 e. The number of allylic oxidation sites excluding steroid dienone is 2. The van der Waals surface area contributed by atoms with E-state index < -0.39 is 5.97 Å². The Morgan fingerprint density at radius 2 is 1.39 bits per heavy atom. The van der Waals surface area contributed by atoms with Gasteiger partial charge in [-0.2, -0.15) is 0 Å². The summed E-state index contributed by atoms with van der Waals surface area (Å²) >= 11 is 0. The molecule has 0 saturated heterocycles. The van der Waals surface area contributed by atoms with Gasteiger partial charge in [-0.15, -0.1) is 0 Å². The van der Waals surface area contributed by atoms with E-state index in [1.807, 2.05) is 13.1 Å². The molecule has 2 atom stereocenters. The van der Waals surface area contributed by atoms with E-state index in [-0.39, 0.29) is 17.2 Å². The molecule has 0 aromatic rings. The van der Waals surface area contributed by atoms with Crippen LogP contribution in [-0.4, -0.2) is 34.1 Å². The second-order valence-corrected chi connectivity index (χ2v) is 9.81. The monoisotopic (exact) mass is 462 g/mol. The van der Waals surface area contributed by atoms with Crippen molar-refractivity contribution >= 4 is 11.8 Å². The summed E-state index contributed by atoms with van der Waals surface area (Å²) in [4.78, 5) is 15.7. The fraction of sp³-hybridized carbons (Fsp3) is 0.786. The maximum absolute atomic E-state index is 11.3. The number of aliphatic carboxylic acids is 1. The topological polar surface area (TPSA) is 75.7 Å². The summed E-state index contributed by atoms with van der Waals surface area (Å²) < 4.78 is 0.169. The zero-order chi connectivity index (χ0) is 24.2. The molecule has 1 heterocycles. The van der Waals surface area contributed by atoms with Gasteiger partial charge < -0.3 is 5.11 Å². The second kappa shape index (κ2) is 18.9. The van der Waals surface area contributed by atoms with Gasteiger partial charge in [-0.3, -0.25) is 5.73 Å². The Balaban J connectivity index is 1.94. The number of nitrogens with two attached hydrogens (primary N) is 1. The van der Waals surface area contributed by atoms with Gasteiger partial charge in [0, 0.05) is 13.3 Å². The first-order valence-electron chi connectivity index (χ1n) is 13.8. The third kappa shape index (κ3) is 13.1. The molecule has 0 spiro atoms. The molecule has 0 radical (unpaired) electrons. The number of hydrogen-bond donors (Lipinski definition) is 2. The average Bonchev–Trinajstić information content (AvgIpc) is 3.18. The van der Waals surface area contributed by atoms with E-state index >= 15 is 0 Å². The van der Waals surface area contributed by atoms with E-state index in [9.17, 15) is 9.90 Å². The van der Waals surface area contributed by atoms with E-state index in [1.165, 1.54) is 103 Å². The Kier molecular flexibility index (Phi) is 16.9. The molecule has 2 unspecified atom stereocenters. The number of nitrogens with zero attached hydrogens (tertiary/aromatic N) is 2. The summed E-state index contributed by atoms with van der Waals surface area (Å²) in [5.74, 6) is 0.0580. The van der Waals surface area contributed by atoms with Crippen molar-refractivity contribution in [2.24, 2.45) is 10.7 Å². The molecular weight excluding hydrogens is 410 g/mol. The predicted molar refractivity (Wildman–Crippen MR) is 141 cm³/mol. The third-order valence-electron chi connectivity index (χ3n) is 6.82. The zero-order valence-corrected chi connectivity index (χ0v) is 21.6. The summed E-state index contributed by atoms with van der Waals surface area (Å²) in [6.45, 7) is 4.11. The lowest BCUT2D eigenvalue weighted by molar-refractivity contribution is -0.805. The van der Waals surface area contributed by atoms with Crippen LogP contribution in [0.15, 0.2) is 29.5 Å². The van der Waals surface area contributed by atoms with Gasteiger partial charge in [0.25, 0.3) is 0 Å². The van der Waals surface area contributed by atoms with Crippen LogP contribution in [0.5, 0.6) is 0 Å². The summed E-state index contributed by atoms with van der Waals surface area (Å²) in [6, 6.07) is 0. The van der Waals surface area contributed by atoms with Crippen molar-refractivity contribution < 1.29 is 14.4 Å². The van der Waals surface area contributed by atoms with Crippen molar-refractivity contribution in [2.45, 2.75) is 136 Å². The van der Waals surface area contributed by atoms with E-state index in [2.05, 4.69) is 24.1 Å². The third-order valence-corrected chi connectivity index (χ3v) is 6.82. The quantitative estimate of drug-likeness (QED) is 0.0984. The van der Waals surface area contributed by atoms with Crippen LogP contribution in [0.3, 0.4) is 0 Å². The van der Waals surface area contributed by atoms with Crippen molar-refractivity contribution in [3.8, 4) is 0 Å². The highest BCUT2D eigenvalue weighted by molar-refractivity contribution is 5.81. The molecule has 1 rings (SSSR count). The molecule has 0 aliphatic carbocycles. The number of carbonyl (C=O) groups is 1. The minimum absolute atomic E-state index is 0.0265. The molecular formula is C28H52N3O2+. The predicted octanol–water partition coefficient (Wildman–Crippen LogP) is 7.67. The standard InChI is InChI=1S/C28H51N3O2/c1-3-4-5-6-7-8-9-10-11-12-13-14-15-16-17-18-19-20-21-22-27-30-23-24-31(27,26(2)29)25-28(32)33/h11-12,23-24,26H,3-10,13-22,25,29H2,1-2H3/p+1/b12-11+. The Morgan fingerprint density at radius 3 is 1.88 bits per heavy atom. The molecule has 5 nitrogen and oxygen atoms in total. The van der Waals surface area contributed by atoms with Gasteiger partial charge in [0.2, 0.25) is 5.84 Å². The lowest BCUT2D eigenvalue weighted by Gasteiger charge is -2.34. The highest BCUT2D eigenvalue weighted by Gasteiger charge is 2.40. The van der Waals surface area contributed by atoms with Gasteiger partial charge in [-0.05, 0) is 32.1 Å². The van der Waals surface area contributed by atoms with Gasteiger partial charge in [0.1, 0.15) is 12.4 Å². The largest absolute Gasteiger partial charge is 0.477 e. The summed E-state index contributed by atoms with van der Waals surface area (Å²) in [6.07, 6.45) is 31.2. The highest BCUT2D eigenvalue weighted by atomic mass is 16.4. The number of unbranched alkanes of at least 4 members (excludes halogenated alkanes) is 15. The molecule has 0 amide bonds. The van der Waals surface area contributed by atoms with E-state index in [1.54, 1.807) is 6.20 Å². The van der Waals surface area contributed by atoms with Crippen LogP contribution in [0, 0.1) is 0 Å². The SMILES string of the molecule is CCCCCCCCC/C=C/CCCCCCCCCCC1=NC=C[N+]1(CC(=O)O)C(C)N. The number of rotatable bonds is 22. The normalized spacial score (nSPS) is 18.8. The number of hydrogen-bond acceptors (Lipinski definition) is 3. The average molecular weight is 463 g/mol. The molecule has 5 heteroatoms. The number of amidine groups is 1. The van der Waals surface area contributed by atoms with Gasteiger partial charge in [-0.25, -0.2) is 14.3 Å². The Labute approximate surface area is 203 Å². The van der Waals surface area contributed by atoms with Crippen LogP contribution in [0.25, 0.3) is 0 Å². The van der Waals surface area contributed by atoms with Gasteiger partial charge in [0.05, 0.1) is 6.20 Å². The van der Waals surface area contributed by atoms with Gasteiger partial charge in [-0.1, -0.05) is 96.1 Å². The van der Waals surface area contributed by atoms with Crippen LogP contribution in [0.4, 0.5) is 0 Å². The molecule has 0 saturated carbocycles. The van der Waals surface area contributed by atoms with E-state index in [0.29, 0.717) is 0 Å². The number of carboxylic acids is 1. The molecule has 0 aromatic heterocycles. The molecule has 1 aliphatic rings. The second-order valence-electron chi connectivity index (χ2n) is 9.81. The lowest BCUT2D eigenvalue weighted by Crippen LogP contribution is -2.59. The van der Waals surface area contributed by atoms with Crippen LogP contribution >= 0.6 is 0 Å². The van der Waals surface area contributed by atoms with Crippen LogP contribution < -0.4 is 5.73 Å². The lowest BCUT2D eigenvalue weighted by atomic mass is 10.1. The van der Waals surface area contributed by atoms with Crippen molar-refractivity contribution in [3.63, 3.8) is 0 Å². The first kappa shape index (κ1) is 29.6. The minimum Gasteiger partial charge on any atom is -0.477 e. The molecule has 0 aromatic carbocycles. The van der Waals surface area contributed by atoms with Crippen LogP contribution in [0.2, 0.25) is 0 Å². The summed E-state index contributed by atoms with van der Waals surface area (Å²) in [5.41, 5.74) is 6.12. The maximum atomic E-state index is 11.3. The van der Waals surface area contributed by atoms with Crippen LogP contribution in [0.1, 0.15) is 129 Å². The van der Waals surface area contributed by atoms with Crippen molar-refractivity contribution in [1.29, 1.82) is 0 Å². The molecule has 0 bridgehead atoms. The molecule has 190 valence electrons. The van der Waals surface area contributed by atoms with E-state index in [0.717, 1.165) is 18.7 Å². The zero-order valence-electron chi connectivity index (χ0n) is 21.6. The Hall–Kier alpha value is -1.46. The summed E-state index contributed by atoms with van der Waals surface area (Å²) in [5, 5.41) is 9.28. The Bertz CT molecular complexity index is 598. The Morgan fingerprint density at radius 1 is 0.909 bits per heavy atom. The minimum atomic E-state index is -0.838. The molecule has 1 aliphatic heterocycles. The summed E-state index contributed by atoms with van der Waals surface area (Å²) in [7, 11) is 0. The van der Waals surface area contributed by atoms with Crippen molar-refractivity contribution in [1.82, 2.24) is 0 Å². The molecule has 33 heavy (non-hydrogen) atoms. The first-order chi connectivity index (χ1) is 16.0. The molecule has 3 N–H and O–H groups in total. The van der Waals surface area contributed by atoms with Gasteiger partial charge in [0.15, 0.2) is 6.54 Å². The van der Waals surface area contributed by atoms with Crippen molar-refractivity contribution in [3.05, 3.63) is 24.6 Å².